The van der Waals surface area contributed by atoms with E-state index >= 15 is 0 Å². The van der Waals surface area contributed by atoms with Crippen molar-refractivity contribution in [3.8, 4) is 0 Å². The smallest absolute Gasteiger partial charge is 0.163 e. The zero-order valence-corrected chi connectivity index (χ0v) is 19.8. The number of ketones is 3. The molecule has 3 unspecified atom stereocenters. The van der Waals surface area contributed by atoms with Crippen molar-refractivity contribution in [3.63, 3.8) is 0 Å². The van der Waals surface area contributed by atoms with Crippen LogP contribution in [0, 0.1) is 24.7 Å². The summed E-state index contributed by atoms with van der Waals surface area (Å²) in [5, 5.41) is 0. The fourth-order valence-electron chi connectivity index (χ4n) is 5.64. The third-order valence-electron chi connectivity index (χ3n) is 7.30. The molecule has 0 radical (unpaired) electrons. The number of hydrogen-bond acceptors (Lipinski definition) is 3. The second kappa shape index (κ2) is 10.5. The van der Waals surface area contributed by atoms with Crippen LogP contribution in [-0.4, -0.2) is 17.3 Å². The van der Waals surface area contributed by atoms with Gasteiger partial charge in [-0.1, -0.05) is 50.5 Å². The van der Waals surface area contributed by atoms with Gasteiger partial charge in [0.05, 0.1) is 6.42 Å². The van der Waals surface area contributed by atoms with E-state index in [9.17, 15) is 14.4 Å². The number of benzene rings is 1. The van der Waals surface area contributed by atoms with Gasteiger partial charge in [0.2, 0.25) is 0 Å². The van der Waals surface area contributed by atoms with Crippen molar-refractivity contribution < 1.29 is 14.4 Å². The molecule has 0 aromatic heterocycles. The molecule has 2 aliphatic carbocycles. The Hall–Kier alpha value is -2.03. The third kappa shape index (κ3) is 5.61. The molecule has 31 heavy (non-hydrogen) atoms. The van der Waals surface area contributed by atoms with Gasteiger partial charge in [0, 0.05) is 17.9 Å². The van der Waals surface area contributed by atoms with Gasteiger partial charge in [-0.05, 0) is 80.9 Å². The van der Waals surface area contributed by atoms with Gasteiger partial charge in [-0.2, -0.15) is 0 Å². The molecule has 0 amide bonds. The molecule has 1 aromatic rings. The Morgan fingerprint density at radius 3 is 2.48 bits per heavy atom. The lowest BCUT2D eigenvalue weighted by atomic mass is 9.71. The Labute approximate surface area is 187 Å². The van der Waals surface area contributed by atoms with E-state index in [2.05, 4.69) is 32.1 Å². The van der Waals surface area contributed by atoms with Gasteiger partial charge >= 0.3 is 0 Å². The van der Waals surface area contributed by atoms with E-state index in [0.717, 1.165) is 43.2 Å². The number of Topliss-reactive ketones (excluding diaryl/α,β-unsaturated/α-hetero) is 3. The summed E-state index contributed by atoms with van der Waals surface area (Å²) < 4.78 is 0. The molecule has 0 saturated heterocycles. The van der Waals surface area contributed by atoms with Crippen LogP contribution in [0.25, 0.3) is 6.08 Å². The number of rotatable bonds is 10. The van der Waals surface area contributed by atoms with Gasteiger partial charge in [-0.3, -0.25) is 14.4 Å². The van der Waals surface area contributed by atoms with Gasteiger partial charge in [0.25, 0.3) is 0 Å². The molecule has 0 N–H and O–H groups in total. The zero-order chi connectivity index (χ0) is 22.5. The standard InChI is InChI=1S/C28H38O3/c1-5-8-22(24(6-2)26(30)13-19(4)29)15-21-16-25-23(14-20-9-7-10-20)12-11-18(3)28(25)27(31)17-21/h11-12,14,21-22,24H,5-10,13,15-17H2,1-4H3. The first-order valence-electron chi connectivity index (χ1n) is 12.2. The molecular weight excluding hydrogens is 384 g/mol. The molecule has 0 bridgehead atoms. The maximum Gasteiger partial charge on any atom is 0.163 e. The molecule has 1 aromatic carbocycles. The van der Waals surface area contributed by atoms with E-state index in [0.29, 0.717) is 6.42 Å². The van der Waals surface area contributed by atoms with Crippen LogP contribution < -0.4 is 0 Å². The van der Waals surface area contributed by atoms with E-state index in [1.165, 1.54) is 42.9 Å². The van der Waals surface area contributed by atoms with Gasteiger partial charge < -0.3 is 0 Å². The Balaban J connectivity index is 1.84. The molecule has 3 heteroatoms. The molecular formula is C28H38O3. The lowest BCUT2D eigenvalue weighted by molar-refractivity contribution is -0.129. The highest BCUT2D eigenvalue weighted by Crippen LogP contribution is 2.39. The van der Waals surface area contributed by atoms with Crippen molar-refractivity contribution in [2.45, 2.75) is 91.9 Å². The third-order valence-corrected chi connectivity index (χ3v) is 7.30. The fourth-order valence-corrected chi connectivity index (χ4v) is 5.64. The lowest BCUT2D eigenvalue weighted by Gasteiger charge is -2.32. The number of allylic oxidation sites excluding steroid dienone is 1. The van der Waals surface area contributed by atoms with Crippen LogP contribution in [0.4, 0.5) is 0 Å². The van der Waals surface area contributed by atoms with Crippen LogP contribution in [0.15, 0.2) is 17.7 Å². The maximum absolute atomic E-state index is 13.2. The molecule has 1 fully saturated rings. The largest absolute Gasteiger partial charge is 0.300 e. The summed E-state index contributed by atoms with van der Waals surface area (Å²) in [6.07, 6.45) is 11.1. The fraction of sp³-hybridized carbons (Fsp3) is 0.607. The predicted octanol–water partition coefficient (Wildman–Crippen LogP) is 6.69. The van der Waals surface area contributed by atoms with Crippen LogP contribution in [0.1, 0.15) is 106 Å². The normalized spacial score (nSPS) is 19.9. The summed E-state index contributed by atoms with van der Waals surface area (Å²) in [7, 11) is 0. The molecule has 3 nitrogen and oxygen atoms in total. The molecule has 168 valence electrons. The molecule has 3 rings (SSSR count). The van der Waals surface area contributed by atoms with Gasteiger partial charge in [-0.25, -0.2) is 0 Å². The average Bonchev–Trinajstić information content (AvgIpc) is 2.66. The van der Waals surface area contributed by atoms with Crippen molar-refractivity contribution in [2.75, 3.05) is 0 Å². The number of carbonyl (C=O) groups is 3. The van der Waals surface area contributed by atoms with E-state index < -0.39 is 0 Å². The molecule has 0 heterocycles. The van der Waals surface area contributed by atoms with Crippen molar-refractivity contribution in [3.05, 3.63) is 40.0 Å². The van der Waals surface area contributed by atoms with Gasteiger partial charge in [-0.15, -0.1) is 0 Å². The predicted molar refractivity (Wildman–Crippen MR) is 126 cm³/mol. The van der Waals surface area contributed by atoms with Gasteiger partial charge in [0.1, 0.15) is 11.6 Å². The minimum absolute atomic E-state index is 0.0437. The monoisotopic (exact) mass is 422 g/mol. The summed E-state index contributed by atoms with van der Waals surface area (Å²) in [4.78, 5) is 37.5. The topological polar surface area (TPSA) is 51.2 Å². The van der Waals surface area contributed by atoms with Crippen molar-refractivity contribution >= 4 is 23.4 Å². The zero-order valence-electron chi connectivity index (χ0n) is 19.8. The van der Waals surface area contributed by atoms with E-state index in [1.807, 2.05) is 6.92 Å². The summed E-state index contributed by atoms with van der Waals surface area (Å²) in [5.41, 5.74) is 5.96. The first kappa shape index (κ1) is 23.6. The summed E-state index contributed by atoms with van der Waals surface area (Å²) in [6.45, 7) is 7.75. The Morgan fingerprint density at radius 2 is 1.90 bits per heavy atom. The van der Waals surface area contributed by atoms with Gasteiger partial charge in [0.15, 0.2) is 5.78 Å². The maximum atomic E-state index is 13.2. The number of aryl methyl sites for hydroxylation is 1. The molecule has 0 spiro atoms. The number of carbonyl (C=O) groups excluding carboxylic acids is 3. The van der Waals surface area contributed by atoms with E-state index in [-0.39, 0.29) is 41.5 Å². The Kier molecular flexibility index (Phi) is 8.02. The average molecular weight is 423 g/mol. The van der Waals surface area contributed by atoms with E-state index in [1.54, 1.807) is 0 Å². The summed E-state index contributed by atoms with van der Waals surface area (Å²) >= 11 is 0. The van der Waals surface area contributed by atoms with Crippen LogP contribution >= 0.6 is 0 Å². The molecule has 0 aliphatic heterocycles. The SMILES string of the molecule is CCCC(CC1CC(=O)c2c(C)ccc(C=C3CCC3)c2C1)C(CC)C(=O)CC(C)=O. The minimum atomic E-state index is -0.0746. The Bertz CT molecular complexity index is 870. The lowest BCUT2D eigenvalue weighted by Crippen LogP contribution is -2.30. The van der Waals surface area contributed by atoms with Crippen molar-refractivity contribution in [2.24, 2.45) is 17.8 Å². The minimum Gasteiger partial charge on any atom is -0.300 e. The highest BCUT2D eigenvalue weighted by molar-refractivity contribution is 6.01. The summed E-state index contributed by atoms with van der Waals surface area (Å²) in [5.74, 6) is 0.743. The molecule has 2 aliphatic rings. The summed E-state index contributed by atoms with van der Waals surface area (Å²) in [6, 6.07) is 4.28. The number of hydrogen-bond donors (Lipinski definition) is 0. The first-order valence-corrected chi connectivity index (χ1v) is 12.2. The van der Waals surface area contributed by atoms with Crippen molar-refractivity contribution in [1.82, 2.24) is 0 Å². The highest BCUT2D eigenvalue weighted by Gasteiger charge is 2.33. The highest BCUT2D eigenvalue weighted by atomic mass is 16.1. The van der Waals surface area contributed by atoms with E-state index in [4.69, 9.17) is 0 Å². The second-order valence-electron chi connectivity index (χ2n) is 9.82. The Morgan fingerprint density at radius 1 is 1.16 bits per heavy atom. The number of fused-ring (bicyclic) bond motifs is 1. The van der Waals surface area contributed by atoms with Crippen LogP contribution in [0.3, 0.4) is 0 Å². The first-order chi connectivity index (χ1) is 14.8. The van der Waals surface area contributed by atoms with Crippen LogP contribution in [0.2, 0.25) is 0 Å². The van der Waals surface area contributed by atoms with Crippen LogP contribution in [0.5, 0.6) is 0 Å². The quantitative estimate of drug-likeness (QED) is 0.395. The molecule has 1 saturated carbocycles. The van der Waals surface area contributed by atoms with Crippen LogP contribution in [-0.2, 0) is 16.0 Å². The molecule has 3 atom stereocenters. The van der Waals surface area contributed by atoms with Crippen molar-refractivity contribution in [1.29, 1.82) is 0 Å². The second-order valence-corrected chi connectivity index (χ2v) is 9.82.